The van der Waals surface area contributed by atoms with Crippen LogP contribution >= 0.6 is 0 Å². The van der Waals surface area contributed by atoms with E-state index in [1.807, 2.05) is 24.3 Å². The van der Waals surface area contributed by atoms with Crippen molar-refractivity contribution in [1.82, 2.24) is 14.7 Å². The molecule has 3 amide bonds. The summed E-state index contributed by atoms with van der Waals surface area (Å²) in [5.41, 5.74) is 0.962. The van der Waals surface area contributed by atoms with Crippen molar-refractivity contribution in [3.8, 4) is 5.75 Å². The molecule has 0 N–H and O–H groups in total. The molecule has 2 fully saturated rings. The molecule has 0 aromatic heterocycles. The van der Waals surface area contributed by atoms with Gasteiger partial charge in [0.25, 0.3) is 0 Å². The van der Waals surface area contributed by atoms with E-state index in [9.17, 15) is 14.4 Å². The lowest BCUT2D eigenvalue weighted by Crippen LogP contribution is -2.45. The topological polar surface area (TPSA) is 88.6 Å². The highest BCUT2D eigenvalue weighted by Gasteiger charge is 2.32. The van der Waals surface area contributed by atoms with E-state index in [0.717, 1.165) is 11.3 Å². The van der Waals surface area contributed by atoms with Gasteiger partial charge in [0, 0.05) is 26.7 Å². The van der Waals surface area contributed by atoms with Crippen LogP contribution < -0.4 is 4.74 Å². The molecule has 9 heteroatoms. The van der Waals surface area contributed by atoms with Gasteiger partial charge in [-0.25, -0.2) is 4.79 Å². The third-order valence-corrected chi connectivity index (χ3v) is 4.92. The highest BCUT2D eigenvalue weighted by atomic mass is 16.6. The fourth-order valence-corrected chi connectivity index (χ4v) is 3.25. The van der Waals surface area contributed by atoms with Crippen LogP contribution in [-0.4, -0.2) is 92.3 Å². The van der Waals surface area contributed by atoms with Crippen LogP contribution in [0.4, 0.5) is 4.79 Å². The Morgan fingerprint density at radius 1 is 1.14 bits per heavy atom. The van der Waals surface area contributed by atoms with E-state index >= 15 is 0 Å². The highest BCUT2D eigenvalue weighted by molar-refractivity contribution is 5.88. The van der Waals surface area contributed by atoms with Gasteiger partial charge in [-0.15, -0.1) is 0 Å². The number of benzene rings is 1. The second-order valence-corrected chi connectivity index (χ2v) is 6.79. The summed E-state index contributed by atoms with van der Waals surface area (Å²) in [5.74, 6) is 0.297. The molecule has 2 aliphatic rings. The molecule has 0 spiro atoms. The zero-order chi connectivity index (χ0) is 20.1. The Bertz CT molecular complexity index is 723. The summed E-state index contributed by atoms with van der Waals surface area (Å²) in [5, 5.41) is 0. The van der Waals surface area contributed by atoms with Crippen LogP contribution in [0.3, 0.4) is 0 Å². The SMILES string of the molecule is COc1ccc(CN2CC(OC)CN(C(=O)CN3CCOC3=O)CC2=O)cc1. The first-order chi connectivity index (χ1) is 13.5. The lowest BCUT2D eigenvalue weighted by atomic mass is 10.2. The average molecular weight is 391 g/mol. The van der Waals surface area contributed by atoms with Crippen molar-refractivity contribution in [2.24, 2.45) is 0 Å². The molecule has 28 heavy (non-hydrogen) atoms. The number of nitrogens with zero attached hydrogens (tertiary/aromatic N) is 3. The molecule has 0 radical (unpaired) electrons. The number of amides is 3. The number of rotatable bonds is 6. The molecule has 1 atom stereocenters. The van der Waals surface area contributed by atoms with Crippen molar-refractivity contribution < 1.29 is 28.6 Å². The van der Waals surface area contributed by atoms with E-state index < -0.39 is 6.09 Å². The van der Waals surface area contributed by atoms with Crippen LogP contribution in [0.5, 0.6) is 5.75 Å². The van der Waals surface area contributed by atoms with Crippen LogP contribution in [0.15, 0.2) is 24.3 Å². The normalized spacial score (nSPS) is 20.2. The average Bonchev–Trinajstić information content (AvgIpc) is 3.02. The van der Waals surface area contributed by atoms with Crippen molar-refractivity contribution in [1.29, 1.82) is 0 Å². The van der Waals surface area contributed by atoms with Crippen LogP contribution in [0.2, 0.25) is 0 Å². The quantitative estimate of drug-likeness (QED) is 0.695. The van der Waals surface area contributed by atoms with E-state index in [1.54, 1.807) is 19.1 Å². The zero-order valence-electron chi connectivity index (χ0n) is 16.1. The summed E-state index contributed by atoms with van der Waals surface area (Å²) in [4.78, 5) is 41.5. The van der Waals surface area contributed by atoms with E-state index in [-0.39, 0.29) is 37.6 Å². The number of methoxy groups -OCH3 is 2. The van der Waals surface area contributed by atoms with Crippen LogP contribution in [0.25, 0.3) is 0 Å². The van der Waals surface area contributed by atoms with Gasteiger partial charge in [-0.3, -0.25) is 14.5 Å². The van der Waals surface area contributed by atoms with Gasteiger partial charge < -0.3 is 24.0 Å². The van der Waals surface area contributed by atoms with Gasteiger partial charge in [-0.2, -0.15) is 0 Å². The van der Waals surface area contributed by atoms with E-state index in [0.29, 0.717) is 26.2 Å². The van der Waals surface area contributed by atoms with Gasteiger partial charge in [0.15, 0.2) is 0 Å². The monoisotopic (exact) mass is 391 g/mol. The highest BCUT2D eigenvalue weighted by Crippen LogP contribution is 2.16. The van der Waals surface area contributed by atoms with Crippen molar-refractivity contribution in [2.45, 2.75) is 12.6 Å². The molecule has 2 saturated heterocycles. The molecular formula is C19H25N3O6. The standard InChI is InChI=1S/C19H25N3O6/c1-26-15-5-3-14(4-6-15)9-21-10-16(27-2)11-22(13-18(21)24)17(23)12-20-7-8-28-19(20)25/h3-6,16H,7-13H2,1-2H3. The lowest BCUT2D eigenvalue weighted by molar-refractivity contribution is -0.139. The summed E-state index contributed by atoms with van der Waals surface area (Å²) >= 11 is 0. The third kappa shape index (κ3) is 4.72. The van der Waals surface area contributed by atoms with E-state index in [1.165, 1.54) is 9.80 Å². The minimum absolute atomic E-state index is 0.0439. The molecule has 2 aliphatic heterocycles. The number of carbonyl (C=O) groups is 3. The molecule has 0 saturated carbocycles. The number of ether oxygens (including phenoxy) is 3. The molecular weight excluding hydrogens is 366 g/mol. The minimum atomic E-state index is -0.501. The maximum Gasteiger partial charge on any atom is 0.410 e. The number of hydrogen-bond donors (Lipinski definition) is 0. The fourth-order valence-electron chi connectivity index (χ4n) is 3.25. The Labute approximate surface area is 163 Å². The fraction of sp³-hybridized carbons (Fsp3) is 0.526. The zero-order valence-corrected chi connectivity index (χ0v) is 16.1. The van der Waals surface area contributed by atoms with Crippen LogP contribution in [-0.2, 0) is 25.6 Å². The molecule has 152 valence electrons. The molecule has 1 unspecified atom stereocenters. The van der Waals surface area contributed by atoms with Gasteiger partial charge in [-0.05, 0) is 17.7 Å². The van der Waals surface area contributed by atoms with Crippen LogP contribution in [0.1, 0.15) is 5.56 Å². The Morgan fingerprint density at radius 3 is 2.50 bits per heavy atom. The van der Waals surface area contributed by atoms with Gasteiger partial charge >= 0.3 is 6.09 Å². The maximum atomic E-state index is 12.8. The van der Waals surface area contributed by atoms with Gasteiger partial charge in [0.1, 0.15) is 18.9 Å². The molecule has 2 heterocycles. The summed E-state index contributed by atoms with van der Waals surface area (Å²) in [6, 6.07) is 7.49. The van der Waals surface area contributed by atoms with Gasteiger partial charge in [0.05, 0.1) is 26.3 Å². The van der Waals surface area contributed by atoms with Crippen LogP contribution in [0, 0.1) is 0 Å². The first kappa shape index (κ1) is 19.9. The Hall–Kier alpha value is -2.81. The summed E-state index contributed by atoms with van der Waals surface area (Å²) < 4.78 is 15.5. The lowest BCUT2D eigenvalue weighted by Gasteiger charge is -2.24. The Kier molecular flexibility index (Phi) is 6.35. The summed E-state index contributed by atoms with van der Waals surface area (Å²) in [7, 11) is 3.16. The van der Waals surface area contributed by atoms with Crippen molar-refractivity contribution in [2.75, 3.05) is 53.6 Å². The van der Waals surface area contributed by atoms with Crippen molar-refractivity contribution >= 4 is 17.9 Å². The number of hydrogen-bond acceptors (Lipinski definition) is 6. The van der Waals surface area contributed by atoms with Crippen molar-refractivity contribution in [3.63, 3.8) is 0 Å². The van der Waals surface area contributed by atoms with E-state index in [2.05, 4.69) is 0 Å². The maximum absolute atomic E-state index is 12.8. The largest absolute Gasteiger partial charge is 0.497 e. The molecule has 3 rings (SSSR count). The minimum Gasteiger partial charge on any atom is -0.497 e. The second-order valence-electron chi connectivity index (χ2n) is 6.79. The number of carbonyl (C=O) groups excluding carboxylic acids is 3. The van der Waals surface area contributed by atoms with E-state index in [4.69, 9.17) is 14.2 Å². The Morgan fingerprint density at radius 2 is 1.89 bits per heavy atom. The number of cyclic esters (lactones) is 1. The molecule has 1 aromatic rings. The Balaban J connectivity index is 1.66. The molecule has 1 aromatic carbocycles. The van der Waals surface area contributed by atoms with Crippen molar-refractivity contribution in [3.05, 3.63) is 29.8 Å². The predicted octanol–water partition coefficient (Wildman–Crippen LogP) is 0.333. The predicted molar refractivity (Wildman–Crippen MR) is 98.7 cm³/mol. The molecule has 9 nitrogen and oxygen atoms in total. The molecule has 0 bridgehead atoms. The first-order valence-electron chi connectivity index (χ1n) is 9.13. The first-order valence-corrected chi connectivity index (χ1v) is 9.13. The molecule has 0 aliphatic carbocycles. The third-order valence-electron chi connectivity index (χ3n) is 4.92. The summed E-state index contributed by atoms with van der Waals surface area (Å²) in [6.45, 7) is 1.62. The smallest absolute Gasteiger partial charge is 0.410 e. The second kappa shape index (κ2) is 8.92. The van der Waals surface area contributed by atoms with Gasteiger partial charge in [0.2, 0.25) is 11.8 Å². The van der Waals surface area contributed by atoms with Gasteiger partial charge in [-0.1, -0.05) is 12.1 Å². The summed E-state index contributed by atoms with van der Waals surface area (Å²) in [6.07, 6.45) is -0.807.